The summed E-state index contributed by atoms with van der Waals surface area (Å²) in [6.07, 6.45) is 2.07. The Bertz CT molecular complexity index is 265. The van der Waals surface area contributed by atoms with Gasteiger partial charge in [-0.15, -0.1) is 0 Å². The van der Waals surface area contributed by atoms with Gasteiger partial charge < -0.3 is 5.11 Å². The highest BCUT2D eigenvalue weighted by molar-refractivity contribution is 6.25. The molecule has 0 spiro atoms. The number of piperidine rings is 1. The highest BCUT2D eigenvalue weighted by Gasteiger charge is 2.33. The normalized spacial score (nSPS) is 29.1. The van der Waals surface area contributed by atoms with Gasteiger partial charge in [0.1, 0.15) is 6.04 Å². The first-order chi connectivity index (χ1) is 7.06. The molecular weight excluding hydrogens is 214 g/mol. The van der Waals surface area contributed by atoms with Crippen LogP contribution in [0.5, 0.6) is 0 Å². The Morgan fingerprint density at radius 2 is 2.33 bits per heavy atom. The van der Waals surface area contributed by atoms with Crippen LogP contribution >= 0.6 is 11.6 Å². The second-order valence-electron chi connectivity index (χ2n) is 4.33. The van der Waals surface area contributed by atoms with E-state index in [1.165, 1.54) is 5.54 Å². The first kappa shape index (κ1) is 12.5. The lowest BCUT2D eigenvalue weighted by molar-refractivity contribution is -0.146. The first-order valence-corrected chi connectivity index (χ1v) is 5.72. The maximum atomic E-state index is 11.2. The van der Waals surface area contributed by atoms with Crippen molar-refractivity contribution in [3.63, 3.8) is 0 Å². The van der Waals surface area contributed by atoms with E-state index < -0.39 is 5.97 Å². The van der Waals surface area contributed by atoms with Crippen molar-refractivity contribution in [3.05, 3.63) is 11.1 Å². The maximum absolute atomic E-state index is 11.2. The molecule has 0 aliphatic carbocycles. The van der Waals surface area contributed by atoms with Crippen molar-refractivity contribution in [2.24, 2.45) is 5.92 Å². The number of likely N-dealkylation sites (tertiary alicyclic amines) is 1. The predicted octanol–water partition coefficient (Wildman–Crippen LogP) is 2.31. The van der Waals surface area contributed by atoms with E-state index in [2.05, 4.69) is 0 Å². The minimum absolute atomic E-state index is 0.222. The lowest BCUT2D eigenvalue weighted by atomic mass is 9.90. The Kier molecular flexibility index (Phi) is 4.61. The Balaban J connectivity index is 2.71. The number of nitrogens with zero attached hydrogens (tertiary/aromatic N) is 1. The predicted molar refractivity (Wildman–Crippen MR) is 61.0 cm³/mol. The van der Waals surface area contributed by atoms with E-state index in [4.69, 9.17) is 11.6 Å². The fourth-order valence-electron chi connectivity index (χ4n) is 2.21. The molecule has 0 amide bonds. The van der Waals surface area contributed by atoms with Gasteiger partial charge in [-0.2, -0.15) is 0 Å². The molecular formula is C11H18ClNO2. The average molecular weight is 232 g/mol. The molecule has 1 rings (SSSR count). The molecule has 1 aliphatic heterocycles. The van der Waals surface area contributed by atoms with Gasteiger partial charge >= 0.3 is 5.97 Å². The number of carbonyl (C=O) groups is 1. The van der Waals surface area contributed by atoms with Crippen LogP contribution in [0.1, 0.15) is 26.7 Å². The smallest absolute Gasteiger partial charge is 0.321 e. The third kappa shape index (κ3) is 3.21. The second kappa shape index (κ2) is 5.52. The molecule has 1 N–H and O–H groups in total. The van der Waals surface area contributed by atoms with Gasteiger partial charge in [-0.1, -0.05) is 18.5 Å². The minimum atomic E-state index is -0.718. The molecule has 0 aromatic carbocycles. The topological polar surface area (TPSA) is 40.5 Å². The Labute approximate surface area is 95.7 Å². The van der Waals surface area contributed by atoms with Crippen LogP contribution in [0.3, 0.4) is 0 Å². The number of carboxylic acids is 1. The zero-order valence-corrected chi connectivity index (χ0v) is 10.00. The SMILES string of the molecule is CC(=CCl)CN1CCCC(C)C1C(=O)O. The largest absolute Gasteiger partial charge is 0.480 e. The van der Waals surface area contributed by atoms with Gasteiger partial charge in [0, 0.05) is 12.1 Å². The maximum Gasteiger partial charge on any atom is 0.321 e. The lowest BCUT2D eigenvalue weighted by Gasteiger charge is -2.37. The molecule has 3 nitrogen and oxygen atoms in total. The van der Waals surface area contributed by atoms with Crippen LogP contribution in [0.15, 0.2) is 11.1 Å². The number of hydrogen-bond donors (Lipinski definition) is 1. The van der Waals surface area contributed by atoms with Crippen molar-refractivity contribution >= 4 is 17.6 Å². The van der Waals surface area contributed by atoms with Gasteiger partial charge in [-0.25, -0.2) is 0 Å². The Morgan fingerprint density at radius 3 is 2.87 bits per heavy atom. The number of carboxylic acid groups (broad SMARTS) is 1. The summed E-state index contributed by atoms with van der Waals surface area (Å²) in [4.78, 5) is 13.2. The van der Waals surface area contributed by atoms with Gasteiger partial charge in [-0.05, 0) is 37.8 Å². The highest BCUT2D eigenvalue weighted by Crippen LogP contribution is 2.24. The average Bonchev–Trinajstić information content (AvgIpc) is 2.17. The van der Waals surface area contributed by atoms with Crippen LogP contribution in [0.2, 0.25) is 0 Å². The van der Waals surface area contributed by atoms with Gasteiger partial charge in [0.2, 0.25) is 0 Å². The highest BCUT2D eigenvalue weighted by atomic mass is 35.5. The summed E-state index contributed by atoms with van der Waals surface area (Å²) in [5.41, 5.74) is 2.54. The molecule has 0 aromatic heterocycles. The molecule has 0 bridgehead atoms. The molecule has 1 fully saturated rings. The first-order valence-electron chi connectivity index (χ1n) is 5.29. The molecule has 1 heterocycles. The molecule has 0 aromatic rings. The molecule has 4 heteroatoms. The van der Waals surface area contributed by atoms with E-state index in [0.717, 1.165) is 25.0 Å². The van der Waals surface area contributed by atoms with Crippen molar-refractivity contribution in [1.29, 1.82) is 0 Å². The van der Waals surface area contributed by atoms with Gasteiger partial charge in [0.25, 0.3) is 0 Å². The van der Waals surface area contributed by atoms with Crippen LogP contribution in [-0.4, -0.2) is 35.1 Å². The monoisotopic (exact) mass is 231 g/mol. The molecule has 0 radical (unpaired) electrons. The van der Waals surface area contributed by atoms with Crippen molar-refractivity contribution in [2.45, 2.75) is 32.7 Å². The third-order valence-corrected chi connectivity index (χ3v) is 3.30. The third-order valence-electron chi connectivity index (χ3n) is 2.93. The van der Waals surface area contributed by atoms with Crippen molar-refractivity contribution in [3.8, 4) is 0 Å². The molecule has 2 atom stereocenters. The number of rotatable bonds is 3. The zero-order chi connectivity index (χ0) is 11.4. The van der Waals surface area contributed by atoms with Crippen LogP contribution in [-0.2, 0) is 4.79 Å². The summed E-state index contributed by atoms with van der Waals surface area (Å²) in [7, 11) is 0. The van der Waals surface area contributed by atoms with E-state index in [-0.39, 0.29) is 12.0 Å². The summed E-state index contributed by atoms with van der Waals surface area (Å²) in [5, 5.41) is 9.17. The number of hydrogen-bond acceptors (Lipinski definition) is 2. The van der Waals surface area contributed by atoms with E-state index >= 15 is 0 Å². The van der Waals surface area contributed by atoms with Crippen LogP contribution < -0.4 is 0 Å². The Morgan fingerprint density at radius 1 is 1.67 bits per heavy atom. The summed E-state index contributed by atoms with van der Waals surface area (Å²) < 4.78 is 0. The lowest BCUT2D eigenvalue weighted by Crippen LogP contribution is -2.49. The minimum Gasteiger partial charge on any atom is -0.480 e. The molecule has 15 heavy (non-hydrogen) atoms. The standard InChI is InChI=1S/C11H18ClNO2/c1-8(6-12)7-13-5-3-4-9(2)10(13)11(14)15/h6,9-10H,3-5,7H2,1-2H3,(H,14,15). The summed E-state index contributed by atoms with van der Waals surface area (Å²) in [6, 6.07) is -0.356. The fraction of sp³-hybridized carbons (Fsp3) is 0.727. The van der Waals surface area contributed by atoms with Crippen LogP contribution in [0, 0.1) is 5.92 Å². The molecule has 1 saturated heterocycles. The summed E-state index contributed by atoms with van der Waals surface area (Å²) in [5.74, 6) is -0.496. The summed E-state index contributed by atoms with van der Waals surface area (Å²) >= 11 is 5.60. The van der Waals surface area contributed by atoms with Crippen LogP contribution in [0.4, 0.5) is 0 Å². The molecule has 0 saturated carbocycles. The zero-order valence-electron chi connectivity index (χ0n) is 9.24. The van der Waals surface area contributed by atoms with Crippen molar-refractivity contribution in [2.75, 3.05) is 13.1 Å². The van der Waals surface area contributed by atoms with Crippen molar-refractivity contribution in [1.82, 2.24) is 4.90 Å². The van der Waals surface area contributed by atoms with Gasteiger partial charge in [-0.3, -0.25) is 9.69 Å². The van der Waals surface area contributed by atoms with E-state index in [9.17, 15) is 9.90 Å². The van der Waals surface area contributed by atoms with E-state index in [0.29, 0.717) is 6.54 Å². The number of halogens is 1. The van der Waals surface area contributed by atoms with E-state index in [1.807, 2.05) is 18.7 Å². The summed E-state index contributed by atoms with van der Waals surface area (Å²) in [6.45, 7) is 5.43. The molecule has 1 aliphatic rings. The second-order valence-corrected chi connectivity index (χ2v) is 4.55. The van der Waals surface area contributed by atoms with Crippen LogP contribution in [0.25, 0.3) is 0 Å². The fourth-order valence-corrected chi connectivity index (χ4v) is 2.27. The Hall–Kier alpha value is -0.540. The number of aliphatic carboxylic acids is 1. The molecule has 2 unspecified atom stereocenters. The van der Waals surface area contributed by atoms with Crippen molar-refractivity contribution < 1.29 is 9.90 Å². The van der Waals surface area contributed by atoms with Gasteiger partial charge in [0.05, 0.1) is 0 Å². The quantitative estimate of drug-likeness (QED) is 0.811. The van der Waals surface area contributed by atoms with Gasteiger partial charge in [0.15, 0.2) is 0 Å². The van der Waals surface area contributed by atoms with E-state index in [1.54, 1.807) is 0 Å². The molecule has 86 valence electrons.